The lowest BCUT2D eigenvalue weighted by atomic mass is 10.0. The Balaban J connectivity index is 0.958. The third kappa shape index (κ3) is 5.49. The smallest absolute Gasteiger partial charge is 0.227 e. The maximum absolute atomic E-state index is 6.46. The molecule has 55 heavy (non-hydrogen) atoms. The summed E-state index contributed by atoms with van der Waals surface area (Å²) >= 11 is 0. The molecule has 262 valence electrons. The minimum Gasteiger partial charge on any atom is -0.443 e. The van der Waals surface area contributed by atoms with Gasteiger partial charge in [0.05, 0.1) is 11.0 Å². The Morgan fingerprint density at radius 3 is 2.38 bits per heavy atom. The van der Waals surface area contributed by atoms with Crippen LogP contribution in [0.1, 0.15) is 37.3 Å². The van der Waals surface area contributed by atoms with Gasteiger partial charge in [-0.2, -0.15) is 0 Å². The van der Waals surface area contributed by atoms with E-state index in [1.165, 1.54) is 17.2 Å². The molecule has 8 nitrogen and oxygen atoms in total. The van der Waals surface area contributed by atoms with E-state index in [9.17, 15) is 0 Å². The summed E-state index contributed by atoms with van der Waals surface area (Å²) < 4.78 is 14.3. The molecule has 2 aliphatic rings. The summed E-state index contributed by atoms with van der Waals surface area (Å²) in [6.45, 7) is 0. The van der Waals surface area contributed by atoms with Gasteiger partial charge in [0.2, 0.25) is 5.89 Å². The first kappa shape index (κ1) is 31.3. The van der Waals surface area contributed by atoms with Crippen molar-refractivity contribution >= 4 is 55.2 Å². The predicted octanol–water partition coefficient (Wildman–Crippen LogP) is 11.7. The van der Waals surface area contributed by atoms with Crippen LogP contribution in [0.2, 0.25) is 0 Å². The summed E-state index contributed by atoms with van der Waals surface area (Å²) in [7, 11) is 0. The van der Waals surface area contributed by atoms with Crippen LogP contribution >= 0.6 is 0 Å². The van der Waals surface area contributed by atoms with Crippen molar-refractivity contribution in [3.8, 4) is 39.7 Å². The molecule has 0 N–H and O–H groups in total. The van der Waals surface area contributed by atoms with Gasteiger partial charge in [-0.25, -0.2) is 24.9 Å². The fourth-order valence-electron chi connectivity index (χ4n) is 7.78. The Morgan fingerprint density at radius 1 is 0.582 bits per heavy atom. The molecule has 0 radical (unpaired) electrons. The Bertz CT molecular complexity index is 3120. The molecule has 0 bridgehead atoms. The molecule has 0 amide bonds. The predicted molar refractivity (Wildman–Crippen MR) is 218 cm³/mol. The van der Waals surface area contributed by atoms with Gasteiger partial charge in [0, 0.05) is 33.2 Å². The largest absolute Gasteiger partial charge is 0.443 e. The average Bonchev–Trinajstić information content (AvgIpc) is 3.99. The van der Waals surface area contributed by atoms with E-state index in [2.05, 4.69) is 119 Å². The van der Waals surface area contributed by atoms with Gasteiger partial charge in [-0.05, 0) is 109 Å². The second-order valence-electron chi connectivity index (χ2n) is 14.0. The minimum absolute atomic E-state index is 0.559. The fourth-order valence-corrected chi connectivity index (χ4v) is 7.78. The Kier molecular flexibility index (Phi) is 7.26. The summed E-state index contributed by atoms with van der Waals surface area (Å²) in [5, 5.41) is 2.35. The molecular weight excluding hydrogens is 681 g/mol. The quantitative estimate of drug-likeness (QED) is 0.169. The van der Waals surface area contributed by atoms with Crippen LogP contribution < -0.4 is 0 Å². The number of benzene rings is 5. The van der Waals surface area contributed by atoms with Crippen molar-refractivity contribution in [3.63, 3.8) is 0 Å². The van der Waals surface area contributed by atoms with Crippen LogP contribution in [0.3, 0.4) is 0 Å². The van der Waals surface area contributed by atoms with Crippen molar-refractivity contribution in [2.24, 2.45) is 0 Å². The van der Waals surface area contributed by atoms with Gasteiger partial charge in [0.15, 0.2) is 35.0 Å². The van der Waals surface area contributed by atoms with Crippen LogP contribution in [0.25, 0.3) is 94.8 Å². The summed E-state index contributed by atoms with van der Waals surface area (Å²) in [6, 6.07) is 35.7. The Morgan fingerprint density at radius 2 is 1.45 bits per heavy atom. The van der Waals surface area contributed by atoms with Gasteiger partial charge in [-0.1, -0.05) is 72.9 Å². The molecule has 8 heteroatoms. The van der Waals surface area contributed by atoms with Crippen molar-refractivity contribution in [1.29, 1.82) is 0 Å². The van der Waals surface area contributed by atoms with Crippen molar-refractivity contribution < 1.29 is 8.83 Å². The molecule has 0 saturated carbocycles. The number of rotatable bonds is 6. The zero-order chi connectivity index (χ0) is 36.3. The molecule has 0 aliphatic heterocycles. The molecule has 2 aliphatic carbocycles. The molecule has 0 saturated heterocycles. The number of oxazole rings is 2. The summed E-state index contributed by atoms with van der Waals surface area (Å²) in [5.74, 6) is 2.59. The molecule has 11 rings (SSSR count). The monoisotopic (exact) mass is 712 g/mol. The maximum Gasteiger partial charge on any atom is 0.227 e. The van der Waals surface area contributed by atoms with Crippen molar-refractivity contribution in [2.45, 2.75) is 25.7 Å². The van der Waals surface area contributed by atoms with Gasteiger partial charge in [0.25, 0.3) is 0 Å². The third-order valence-corrected chi connectivity index (χ3v) is 10.5. The molecule has 5 aromatic carbocycles. The topological polar surface area (TPSA) is 95.7 Å². The molecule has 0 atom stereocenters. The SMILES string of the molecule is C1=CCCC(c2nc(C3=CCCC=C3)nc(-c3ccc4nc(-c5cccc(-c6ccc7c(c6)c6ccccc6n7-c6ccc7ocnc7c6)c5)oc4c3)n2)=C1. The minimum atomic E-state index is 0.559. The number of para-hydroxylation sites is 1. The molecule has 0 fully saturated rings. The zero-order valence-corrected chi connectivity index (χ0v) is 29.7. The van der Waals surface area contributed by atoms with E-state index in [4.69, 9.17) is 28.8 Å². The van der Waals surface area contributed by atoms with E-state index in [1.54, 1.807) is 0 Å². The van der Waals surface area contributed by atoms with E-state index in [-0.39, 0.29) is 0 Å². The Hall–Kier alpha value is -7.19. The van der Waals surface area contributed by atoms with Gasteiger partial charge in [-0.3, -0.25) is 0 Å². The van der Waals surface area contributed by atoms with E-state index in [0.717, 1.165) is 98.2 Å². The summed E-state index contributed by atoms with van der Waals surface area (Å²) in [6.07, 6.45) is 18.2. The van der Waals surface area contributed by atoms with Gasteiger partial charge >= 0.3 is 0 Å². The molecule has 4 heterocycles. The lowest BCUT2D eigenvalue weighted by Crippen LogP contribution is -2.06. The van der Waals surface area contributed by atoms with E-state index in [0.29, 0.717) is 23.1 Å². The highest BCUT2D eigenvalue weighted by Crippen LogP contribution is 2.37. The van der Waals surface area contributed by atoms with Crippen molar-refractivity contribution in [3.05, 3.63) is 158 Å². The molecule has 4 aromatic heterocycles. The maximum atomic E-state index is 6.46. The number of allylic oxidation sites excluding steroid dienone is 8. The molecule has 0 spiro atoms. The highest BCUT2D eigenvalue weighted by atomic mass is 16.3. The number of hydrogen-bond donors (Lipinski definition) is 0. The highest BCUT2D eigenvalue weighted by molar-refractivity contribution is 6.10. The van der Waals surface area contributed by atoms with Crippen LogP contribution in [0.4, 0.5) is 0 Å². The fraction of sp³-hybridized carbons (Fsp3) is 0.0851. The van der Waals surface area contributed by atoms with E-state index < -0.39 is 0 Å². The number of fused-ring (bicyclic) bond motifs is 5. The van der Waals surface area contributed by atoms with E-state index >= 15 is 0 Å². The normalized spacial score (nSPS) is 14.3. The zero-order valence-electron chi connectivity index (χ0n) is 29.7. The van der Waals surface area contributed by atoms with Crippen LogP contribution in [0, 0.1) is 0 Å². The van der Waals surface area contributed by atoms with Gasteiger partial charge in [-0.15, -0.1) is 0 Å². The lowest BCUT2D eigenvalue weighted by Gasteiger charge is -2.12. The number of nitrogens with zero attached hydrogens (tertiary/aromatic N) is 6. The first-order valence-corrected chi connectivity index (χ1v) is 18.6. The van der Waals surface area contributed by atoms with Crippen molar-refractivity contribution in [2.75, 3.05) is 0 Å². The molecule has 9 aromatic rings. The van der Waals surface area contributed by atoms with Crippen molar-refractivity contribution in [1.82, 2.24) is 29.5 Å². The van der Waals surface area contributed by atoms with Crippen LogP contribution in [0.15, 0.2) is 155 Å². The van der Waals surface area contributed by atoms with Gasteiger partial charge in [0.1, 0.15) is 11.0 Å². The molecular formula is C47H32N6O2. The summed E-state index contributed by atoms with van der Waals surface area (Å²) in [4.78, 5) is 24.1. The third-order valence-electron chi connectivity index (χ3n) is 10.5. The average molecular weight is 713 g/mol. The lowest BCUT2D eigenvalue weighted by molar-refractivity contribution is 0.602. The first-order valence-electron chi connectivity index (χ1n) is 18.6. The molecule has 0 unspecified atom stereocenters. The van der Waals surface area contributed by atoms with E-state index in [1.807, 2.05) is 30.3 Å². The highest BCUT2D eigenvalue weighted by Gasteiger charge is 2.18. The Labute approximate surface area is 315 Å². The van der Waals surface area contributed by atoms with Crippen LogP contribution in [-0.2, 0) is 0 Å². The van der Waals surface area contributed by atoms with Gasteiger partial charge < -0.3 is 13.4 Å². The first-order chi connectivity index (χ1) is 27.2. The second kappa shape index (κ2) is 12.7. The number of aromatic nitrogens is 6. The summed E-state index contributed by atoms with van der Waals surface area (Å²) in [5.41, 5.74) is 12.4. The van der Waals surface area contributed by atoms with Crippen LogP contribution in [-0.4, -0.2) is 29.5 Å². The van der Waals surface area contributed by atoms with Crippen LogP contribution in [0.5, 0.6) is 0 Å². The second-order valence-corrected chi connectivity index (χ2v) is 14.0. The standard InChI is InChI=1S/C47H32N6O2/c1-3-10-29(11-4-1)44-50-45(30-12-5-2-6-13-30)52-46(51-44)33-18-21-38-43(26-33)55-47(49-38)34-15-9-14-31(24-34)32-19-22-41-37(25-32)36-16-7-8-17-40(36)53(41)35-20-23-42-39(27-35)48-28-54-42/h1,3,5,7-10,12-28H,2,4,6,11H2. The number of hydrogen-bond acceptors (Lipinski definition) is 7.